The summed E-state index contributed by atoms with van der Waals surface area (Å²) in [6, 6.07) is 3.29. The van der Waals surface area contributed by atoms with Gasteiger partial charge in [0.2, 0.25) is 5.91 Å². The van der Waals surface area contributed by atoms with Crippen LogP contribution < -0.4 is 11.1 Å². The van der Waals surface area contributed by atoms with E-state index < -0.39 is 6.04 Å². The van der Waals surface area contributed by atoms with Gasteiger partial charge in [-0.2, -0.15) is 0 Å². The van der Waals surface area contributed by atoms with Crippen molar-refractivity contribution >= 4 is 5.91 Å². The van der Waals surface area contributed by atoms with E-state index in [4.69, 9.17) is 5.73 Å². The van der Waals surface area contributed by atoms with Crippen LogP contribution in [-0.2, 0) is 4.79 Å². The molecule has 0 aromatic carbocycles. The van der Waals surface area contributed by atoms with Crippen LogP contribution in [0.25, 0.3) is 0 Å². The molecule has 0 saturated carbocycles. The highest BCUT2D eigenvalue weighted by atomic mass is 16.2. The minimum atomic E-state index is -0.427. The first-order chi connectivity index (χ1) is 7.15. The summed E-state index contributed by atoms with van der Waals surface area (Å²) in [5.74, 6) is -0.117. The summed E-state index contributed by atoms with van der Waals surface area (Å²) < 4.78 is 0. The fourth-order valence-corrected chi connectivity index (χ4v) is 1.22. The van der Waals surface area contributed by atoms with Gasteiger partial charge in [0.15, 0.2) is 0 Å². The van der Waals surface area contributed by atoms with E-state index in [0.717, 1.165) is 5.56 Å². The number of pyridine rings is 1. The molecule has 0 aliphatic heterocycles. The number of rotatable bonds is 4. The second-order valence-corrected chi connectivity index (χ2v) is 3.53. The van der Waals surface area contributed by atoms with E-state index in [2.05, 4.69) is 10.3 Å². The van der Waals surface area contributed by atoms with E-state index in [1.807, 2.05) is 26.0 Å². The maximum atomic E-state index is 11.5. The van der Waals surface area contributed by atoms with Crippen LogP contribution in [0.1, 0.15) is 31.9 Å². The van der Waals surface area contributed by atoms with Crippen LogP contribution in [0.4, 0.5) is 0 Å². The van der Waals surface area contributed by atoms with E-state index in [0.29, 0.717) is 6.42 Å². The van der Waals surface area contributed by atoms with Crippen LogP contribution in [0.2, 0.25) is 0 Å². The molecule has 0 unspecified atom stereocenters. The molecule has 1 aromatic rings. The normalized spacial score (nSPS) is 14.3. The van der Waals surface area contributed by atoms with E-state index in [-0.39, 0.29) is 11.9 Å². The Bertz CT molecular complexity index is 313. The number of nitrogens with zero attached hydrogens (tertiary/aromatic N) is 1. The lowest BCUT2D eigenvalue weighted by molar-refractivity contribution is -0.123. The molecule has 15 heavy (non-hydrogen) atoms. The fraction of sp³-hybridized carbons (Fsp3) is 0.455. The highest BCUT2D eigenvalue weighted by Gasteiger charge is 2.14. The third-order valence-corrected chi connectivity index (χ3v) is 2.32. The molecule has 3 N–H and O–H groups in total. The number of hydrogen-bond acceptors (Lipinski definition) is 3. The molecule has 1 amide bonds. The lowest BCUT2D eigenvalue weighted by Gasteiger charge is -2.16. The van der Waals surface area contributed by atoms with Crippen molar-refractivity contribution in [2.45, 2.75) is 32.4 Å². The Hall–Kier alpha value is -1.42. The predicted molar refractivity (Wildman–Crippen MR) is 59.1 cm³/mol. The van der Waals surface area contributed by atoms with Gasteiger partial charge in [0.05, 0.1) is 12.1 Å². The first-order valence-electron chi connectivity index (χ1n) is 5.11. The van der Waals surface area contributed by atoms with Crippen molar-refractivity contribution in [1.29, 1.82) is 0 Å². The van der Waals surface area contributed by atoms with Gasteiger partial charge in [0.25, 0.3) is 0 Å². The van der Waals surface area contributed by atoms with Gasteiger partial charge in [-0.1, -0.05) is 13.0 Å². The van der Waals surface area contributed by atoms with Gasteiger partial charge in [-0.3, -0.25) is 9.78 Å². The smallest absolute Gasteiger partial charge is 0.237 e. The summed E-state index contributed by atoms with van der Waals surface area (Å²) in [4.78, 5) is 15.5. The second-order valence-electron chi connectivity index (χ2n) is 3.53. The van der Waals surface area contributed by atoms with E-state index in [1.54, 1.807) is 12.4 Å². The van der Waals surface area contributed by atoms with Crippen molar-refractivity contribution in [2.75, 3.05) is 0 Å². The predicted octanol–water partition coefficient (Wildman–Crippen LogP) is 0.996. The monoisotopic (exact) mass is 207 g/mol. The zero-order valence-electron chi connectivity index (χ0n) is 9.10. The average Bonchev–Trinajstić information content (AvgIpc) is 2.29. The van der Waals surface area contributed by atoms with Gasteiger partial charge in [-0.15, -0.1) is 0 Å². The number of nitrogens with two attached hydrogens (primary N) is 1. The number of carbonyl (C=O) groups is 1. The summed E-state index contributed by atoms with van der Waals surface area (Å²) >= 11 is 0. The molecule has 82 valence electrons. The van der Waals surface area contributed by atoms with Crippen molar-refractivity contribution in [3.05, 3.63) is 30.1 Å². The quantitative estimate of drug-likeness (QED) is 0.773. The van der Waals surface area contributed by atoms with Gasteiger partial charge in [0.1, 0.15) is 0 Å². The molecule has 1 rings (SSSR count). The van der Waals surface area contributed by atoms with Crippen molar-refractivity contribution < 1.29 is 4.79 Å². The summed E-state index contributed by atoms with van der Waals surface area (Å²) in [5.41, 5.74) is 6.60. The maximum absolute atomic E-state index is 11.5. The standard InChI is InChI=1S/C11H17N3O/c1-3-10(12)11(15)14-8(2)9-5-4-6-13-7-9/h4-8,10H,3,12H2,1-2H3,(H,14,15)/t8-,10+/m1/s1. The Balaban J connectivity index is 2.56. The number of carbonyl (C=O) groups excluding carboxylic acids is 1. The Labute approximate surface area is 89.9 Å². The molecular weight excluding hydrogens is 190 g/mol. The molecule has 2 atom stereocenters. The minimum Gasteiger partial charge on any atom is -0.348 e. The van der Waals surface area contributed by atoms with Crippen LogP contribution >= 0.6 is 0 Å². The Morgan fingerprint density at radius 2 is 2.40 bits per heavy atom. The van der Waals surface area contributed by atoms with Crippen molar-refractivity contribution in [3.63, 3.8) is 0 Å². The average molecular weight is 207 g/mol. The van der Waals surface area contributed by atoms with Crippen molar-refractivity contribution in [1.82, 2.24) is 10.3 Å². The van der Waals surface area contributed by atoms with Crippen LogP contribution in [-0.4, -0.2) is 16.9 Å². The molecule has 1 aromatic heterocycles. The highest BCUT2D eigenvalue weighted by Crippen LogP contribution is 2.09. The Morgan fingerprint density at radius 3 is 2.93 bits per heavy atom. The second kappa shape index (κ2) is 5.46. The van der Waals surface area contributed by atoms with E-state index >= 15 is 0 Å². The van der Waals surface area contributed by atoms with Crippen molar-refractivity contribution in [2.24, 2.45) is 5.73 Å². The molecule has 0 aliphatic rings. The van der Waals surface area contributed by atoms with E-state index in [1.165, 1.54) is 0 Å². The van der Waals surface area contributed by atoms with Gasteiger partial charge in [-0.25, -0.2) is 0 Å². The first-order valence-corrected chi connectivity index (χ1v) is 5.11. The third kappa shape index (κ3) is 3.32. The van der Waals surface area contributed by atoms with Crippen LogP contribution in [0.3, 0.4) is 0 Å². The lowest BCUT2D eigenvalue weighted by Crippen LogP contribution is -2.41. The number of hydrogen-bond donors (Lipinski definition) is 2. The molecule has 0 fully saturated rings. The Morgan fingerprint density at radius 1 is 1.67 bits per heavy atom. The minimum absolute atomic E-state index is 0.0520. The molecule has 4 heteroatoms. The Kier molecular flexibility index (Phi) is 4.24. The number of aromatic nitrogens is 1. The topological polar surface area (TPSA) is 68.0 Å². The van der Waals surface area contributed by atoms with Gasteiger partial charge in [0, 0.05) is 12.4 Å². The van der Waals surface area contributed by atoms with Crippen LogP contribution in [0.5, 0.6) is 0 Å². The maximum Gasteiger partial charge on any atom is 0.237 e. The summed E-state index contributed by atoms with van der Waals surface area (Å²) in [5, 5.41) is 2.84. The van der Waals surface area contributed by atoms with Gasteiger partial charge in [-0.05, 0) is 25.0 Å². The summed E-state index contributed by atoms with van der Waals surface area (Å²) in [6.45, 7) is 3.80. The SMILES string of the molecule is CC[C@H](N)C(=O)N[C@H](C)c1cccnc1. The van der Waals surface area contributed by atoms with Crippen LogP contribution in [0, 0.1) is 0 Å². The van der Waals surface area contributed by atoms with Gasteiger partial charge < -0.3 is 11.1 Å². The summed E-state index contributed by atoms with van der Waals surface area (Å²) in [7, 11) is 0. The molecule has 4 nitrogen and oxygen atoms in total. The number of amides is 1. The molecule has 0 aliphatic carbocycles. The van der Waals surface area contributed by atoms with Crippen LogP contribution in [0.15, 0.2) is 24.5 Å². The molecule has 0 radical (unpaired) electrons. The molecule has 0 saturated heterocycles. The largest absolute Gasteiger partial charge is 0.348 e. The molecule has 0 bridgehead atoms. The lowest BCUT2D eigenvalue weighted by atomic mass is 10.1. The van der Waals surface area contributed by atoms with Crippen molar-refractivity contribution in [3.8, 4) is 0 Å². The third-order valence-electron chi connectivity index (χ3n) is 2.32. The first kappa shape index (κ1) is 11.7. The fourth-order valence-electron chi connectivity index (χ4n) is 1.22. The molecule has 1 heterocycles. The highest BCUT2D eigenvalue weighted by molar-refractivity contribution is 5.81. The summed E-state index contributed by atoms with van der Waals surface area (Å²) in [6.07, 6.45) is 4.09. The molecule has 0 spiro atoms. The zero-order valence-corrected chi connectivity index (χ0v) is 9.10. The number of nitrogens with one attached hydrogen (secondary N) is 1. The molecular formula is C11H17N3O. The zero-order chi connectivity index (χ0) is 11.3. The van der Waals surface area contributed by atoms with E-state index in [9.17, 15) is 4.79 Å². The van der Waals surface area contributed by atoms with Gasteiger partial charge >= 0.3 is 0 Å².